The first-order valence-electron chi connectivity index (χ1n) is 6.61. The van der Waals surface area contributed by atoms with Crippen molar-refractivity contribution in [2.24, 2.45) is 23.2 Å². The minimum absolute atomic E-state index is 0.0477. The lowest BCUT2D eigenvalue weighted by molar-refractivity contribution is -0.167. The number of carbonyl (C=O) groups is 1. The number of hydrogen-bond donors (Lipinski definition) is 1. The summed E-state index contributed by atoms with van der Waals surface area (Å²) < 4.78 is 5.29. The first-order valence-corrected chi connectivity index (χ1v) is 6.61. The highest BCUT2D eigenvalue weighted by Gasteiger charge is 2.65. The van der Waals surface area contributed by atoms with E-state index in [1.807, 2.05) is 0 Å². The molecule has 0 radical (unpaired) electrons. The Hall–Kier alpha value is -0.830. The number of cyclic esters (lactones) is 1. The van der Waals surface area contributed by atoms with Crippen LogP contribution in [0.1, 0.15) is 32.6 Å². The zero-order valence-corrected chi connectivity index (χ0v) is 10.3. The van der Waals surface area contributed by atoms with Crippen molar-refractivity contribution in [1.82, 2.24) is 0 Å². The Morgan fingerprint density at radius 3 is 2.94 bits per heavy atom. The normalized spacial score (nSPS) is 49.5. The van der Waals surface area contributed by atoms with Crippen molar-refractivity contribution in [3.63, 3.8) is 0 Å². The Bertz CT molecular complexity index is 376. The molecule has 0 amide bonds. The summed E-state index contributed by atoms with van der Waals surface area (Å²) >= 11 is 0. The number of ether oxygens (including phenoxy) is 1. The van der Waals surface area contributed by atoms with Crippen LogP contribution in [0.4, 0.5) is 0 Å². The summed E-state index contributed by atoms with van der Waals surface area (Å²) in [6.45, 7) is 6.73. The Labute approximate surface area is 102 Å². The third kappa shape index (κ3) is 1.23. The first-order chi connectivity index (χ1) is 8.08. The van der Waals surface area contributed by atoms with Crippen LogP contribution >= 0.6 is 0 Å². The molecule has 1 heterocycles. The van der Waals surface area contributed by atoms with Gasteiger partial charge < -0.3 is 9.84 Å². The zero-order valence-electron chi connectivity index (χ0n) is 10.3. The Kier molecular flexibility index (Phi) is 2.37. The van der Waals surface area contributed by atoms with Crippen molar-refractivity contribution in [3.8, 4) is 0 Å². The minimum atomic E-state index is -0.660. The molecule has 5 atom stereocenters. The molecule has 2 unspecified atom stereocenters. The van der Waals surface area contributed by atoms with Gasteiger partial charge in [-0.05, 0) is 37.5 Å². The van der Waals surface area contributed by atoms with Crippen LogP contribution < -0.4 is 0 Å². The number of aliphatic hydroxyl groups excluding tert-OH is 1. The number of esters is 1. The van der Waals surface area contributed by atoms with Crippen molar-refractivity contribution in [2.45, 2.75) is 38.7 Å². The minimum Gasteiger partial charge on any atom is -0.464 e. The van der Waals surface area contributed by atoms with E-state index >= 15 is 0 Å². The van der Waals surface area contributed by atoms with Gasteiger partial charge in [-0.3, -0.25) is 4.79 Å². The number of rotatable bonds is 0. The molecule has 2 aliphatic carbocycles. The molecular weight excluding hydrogens is 216 g/mol. The second-order valence-electron chi connectivity index (χ2n) is 5.96. The molecule has 0 aromatic rings. The molecular formula is C14H20O3. The molecule has 3 fully saturated rings. The summed E-state index contributed by atoms with van der Waals surface area (Å²) in [6, 6.07) is 0. The van der Waals surface area contributed by atoms with E-state index in [2.05, 4.69) is 13.5 Å². The molecule has 1 spiro atoms. The first kappa shape index (κ1) is 11.3. The molecule has 0 aromatic heterocycles. The monoisotopic (exact) mass is 236 g/mol. The van der Waals surface area contributed by atoms with Crippen LogP contribution in [0.25, 0.3) is 0 Å². The highest BCUT2D eigenvalue weighted by Crippen LogP contribution is 2.59. The quantitative estimate of drug-likeness (QED) is 0.516. The average molecular weight is 236 g/mol. The summed E-state index contributed by atoms with van der Waals surface area (Å²) in [5.74, 6) is 0.648. The van der Waals surface area contributed by atoms with Crippen LogP contribution in [0.3, 0.4) is 0 Å². The van der Waals surface area contributed by atoms with Gasteiger partial charge in [0.25, 0.3) is 0 Å². The van der Waals surface area contributed by atoms with E-state index in [1.165, 1.54) is 0 Å². The standard InChI is InChI=1S/C14H20O3/c1-8-4-6-12(15)14-10(8)5-3-9(2)11(14)7-17-13(14)16/h8,10-12,15H,2-7H2,1H3/t8-,10?,11-,12+,14?/m0/s1. The van der Waals surface area contributed by atoms with Crippen molar-refractivity contribution < 1.29 is 14.6 Å². The van der Waals surface area contributed by atoms with Crippen LogP contribution in [0.15, 0.2) is 12.2 Å². The molecule has 17 heavy (non-hydrogen) atoms. The molecule has 1 saturated heterocycles. The van der Waals surface area contributed by atoms with Gasteiger partial charge in [-0.2, -0.15) is 0 Å². The zero-order chi connectivity index (χ0) is 12.2. The number of aliphatic hydroxyl groups is 1. The maximum Gasteiger partial charge on any atom is 0.315 e. The lowest BCUT2D eigenvalue weighted by atomic mass is 9.50. The predicted molar refractivity (Wildman–Crippen MR) is 63.2 cm³/mol. The Morgan fingerprint density at radius 2 is 2.18 bits per heavy atom. The number of carbonyl (C=O) groups excluding carboxylic acids is 1. The molecule has 3 aliphatic rings. The molecule has 3 nitrogen and oxygen atoms in total. The molecule has 0 bridgehead atoms. The van der Waals surface area contributed by atoms with Crippen LogP contribution in [-0.2, 0) is 9.53 Å². The van der Waals surface area contributed by atoms with E-state index < -0.39 is 11.5 Å². The summed E-state index contributed by atoms with van der Waals surface area (Å²) in [5, 5.41) is 10.4. The lowest BCUT2D eigenvalue weighted by Gasteiger charge is -2.51. The number of hydrogen-bond acceptors (Lipinski definition) is 3. The average Bonchev–Trinajstić information content (AvgIpc) is 2.65. The molecule has 94 valence electrons. The highest BCUT2D eigenvalue weighted by atomic mass is 16.5. The summed E-state index contributed by atoms with van der Waals surface area (Å²) in [6.07, 6.45) is 3.14. The molecule has 1 N–H and O–H groups in total. The smallest absolute Gasteiger partial charge is 0.315 e. The molecule has 3 heteroatoms. The SMILES string of the molecule is C=C1CCC2[C@@H](C)CC[C@@H](O)C23C(=O)OC[C@@H]13. The maximum absolute atomic E-state index is 12.2. The van der Waals surface area contributed by atoms with Crippen LogP contribution in [0, 0.1) is 23.2 Å². The summed E-state index contributed by atoms with van der Waals surface area (Å²) in [4.78, 5) is 12.2. The van der Waals surface area contributed by atoms with E-state index in [9.17, 15) is 9.90 Å². The van der Waals surface area contributed by atoms with Gasteiger partial charge in [0.1, 0.15) is 5.41 Å². The summed E-state index contributed by atoms with van der Waals surface area (Å²) in [7, 11) is 0. The topological polar surface area (TPSA) is 46.5 Å². The van der Waals surface area contributed by atoms with E-state index in [4.69, 9.17) is 4.74 Å². The van der Waals surface area contributed by atoms with Crippen LogP contribution in [0.2, 0.25) is 0 Å². The van der Waals surface area contributed by atoms with Gasteiger partial charge in [0.05, 0.1) is 12.7 Å². The summed E-state index contributed by atoms with van der Waals surface area (Å²) in [5.41, 5.74) is 0.438. The van der Waals surface area contributed by atoms with Crippen molar-refractivity contribution in [3.05, 3.63) is 12.2 Å². The Morgan fingerprint density at radius 1 is 1.41 bits per heavy atom. The van der Waals surface area contributed by atoms with Crippen molar-refractivity contribution in [2.75, 3.05) is 6.61 Å². The van der Waals surface area contributed by atoms with E-state index in [1.54, 1.807) is 0 Å². The molecule has 2 saturated carbocycles. The third-order valence-corrected chi connectivity index (χ3v) is 5.33. The maximum atomic E-state index is 12.2. The molecule has 0 aromatic carbocycles. The second-order valence-corrected chi connectivity index (χ2v) is 5.96. The van der Waals surface area contributed by atoms with Gasteiger partial charge in [-0.1, -0.05) is 19.1 Å². The van der Waals surface area contributed by atoms with Gasteiger partial charge in [-0.25, -0.2) is 0 Å². The van der Waals surface area contributed by atoms with Gasteiger partial charge in [0, 0.05) is 5.92 Å². The van der Waals surface area contributed by atoms with Crippen molar-refractivity contribution >= 4 is 5.97 Å². The fourth-order valence-electron chi connectivity index (χ4n) is 4.42. The molecule has 3 rings (SSSR count). The van der Waals surface area contributed by atoms with Gasteiger partial charge in [0.2, 0.25) is 0 Å². The third-order valence-electron chi connectivity index (χ3n) is 5.33. The van der Waals surface area contributed by atoms with E-state index in [0.717, 1.165) is 31.3 Å². The Balaban J connectivity index is 2.10. The van der Waals surface area contributed by atoms with Gasteiger partial charge in [0.15, 0.2) is 0 Å². The predicted octanol–water partition coefficient (Wildman–Crippen LogP) is 1.90. The largest absolute Gasteiger partial charge is 0.464 e. The fourth-order valence-corrected chi connectivity index (χ4v) is 4.42. The lowest BCUT2D eigenvalue weighted by Crippen LogP contribution is -2.57. The van der Waals surface area contributed by atoms with Crippen molar-refractivity contribution in [1.29, 1.82) is 0 Å². The van der Waals surface area contributed by atoms with Crippen LogP contribution in [-0.4, -0.2) is 23.8 Å². The van der Waals surface area contributed by atoms with Crippen LogP contribution in [0.5, 0.6) is 0 Å². The van der Waals surface area contributed by atoms with E-state index in [0.29, 0.717) is 12.5 Å². The van der Waals surface area contributed by atoms with Gasteiger partial charge >= 0.3 is 5.97 Å². The molecule has 1 aliphatic heterocycles. The van der Waals surface area contributed by atoms with Gasteiger partial charge in [-0.15, -0.1) is 0 Å². The van der Waals surface area contributed by atoms with E-state index in [-0.39, 0.29) is 17.8 Å². The second kappa shape index (κ2) is 3.58. The fraction of sp³-hybridized carbons (Fsp3) is 0.786. The highest BCUT2D eigenvalue weighted by molar-refractivity contribution is 5.82.